The summed E-state index contributed by atoms with van der Waals surface area (Å²) < 4.78 is 0. The molecule has 0 spiro atoms. The minimum Gasteiger partial charge on any atom is -0.396 e. The maximum Gasteiger partial charge on any atom is 0.251 e. The van der Waals surface area contributed by atoms with E-state index in [-0.39, 0.29) is 12.5 Å². The molecule has 0 aliphatic carbocycles. The minimum atomic E-state index is -0.186. The molecule has 0 aliphatic rings. The number of carbonyl (C=O) groups is 1. The van der Waals surface area contributed by atoms with Gasteiger partial charge in [0, 0.05) is 24.3 Å². The number of amides is 1. The smallest absolute Gasteiger partial charge is 0.251 e. The lowest BCUT2D eigenvalue weighted by Crippen LogP contribution is -2.24. The van der Waals surface area contributed by atoms with Crippen molar-refractivity contribution in [3.8, 4) is 11.4 Å². The lowest BCUT2D eigenvalue weighted by molar-refractivity contribution is 0.0951. The Morgan fingerprint density at radius 2 is 2.33 bits per heavy atom. The molecule has 0 unspecified atom stereocenters. The molecule has 18 heavy (non-hydrogen) atoms. The molecule has 0 saturated carbocycles. The van der Waals surface area contributed by atoms with E-state index < -0.39 is 0 Å². The van der Waals surface area contributed by atoms with E-state index >= 15 is 0 Å². The molecule has 0 aliphatic heterocycles. The molecular formula is C11H13N5O2. The van der Waals surface area contributed by atoms with Crippen molar-refractivity contribution in [1.82, 2.24) is 25.9 Å². The maximum absolute atomic E-state index is 11.8. The average Bonchev–Trinajstić information content (AvgIpc) is 2.93. The average molecular weight is 247 g/mol. The van der Waals surface area contributed by atoms with Crippen LogP contribution in [-0.2, 0) is 0 Å². The molecule has 2 rings (SSSR count). The number of nitrogens with zero attached hydrogens (tertiary/aromatic N) is 3. The van der Waals surface area contributed by atoms with Gasteiger partial charge in [0.15, 0.2) is 0 Å². The summed E-state index contributed by atoms with van der Waals surface area (Å²) in [6.45, 7) is 0.505. The van der Waals surface area contributed by atoms with E-state index in [1.807, 2.05) is 0 Å². The van der Waals surface area contributed by atoms with Crippen LogP contribution in [0.25, 0.3) is 11.4 Å². The maximum atomic E-state index is 11.8. The summed E-state index contributed by atoms with van der Waals surface area (Å²) >= 11 is 0. The Balaban J connectivity index is 2.10. The van der Waals surface area contributed by atoms with Gasteiger partial charge in [-0.3, -0.25) is 4.79 Å². The van der Waals surface area contributed by atoms with Crippen LogP contribution in [0, 0.1) is 0 Å². The van der Waals surface area contributed by atoms with Crippen molar-refractivity contribution in [2.75, 3.05) is 13.2 Å². The van der Waals surface area contributed by atoms with Crippen molar-refractivity contribution in [3.63, 3.8) is 0 Å². The zero-order chi connectivity index (χ0) is 12.8. The minimum absolute atomic E-state index is 0.0587. The van der Waals surface area contributed by atoms with Crippen molar-refractivity contribution >= 4 is 5.91 Å². The first kappa shape index (κ1) is 12.2. The molecule has 2 aromatic rings. The monoisotopic (exact) mass is 247 g/mol. The molecule has 1 amide bonds. The van der Waals surface area contributed by atoms with Crippen molar-refractivity contribution in [3.05, 3.63) is 29.8 Å². The summed E-state index contributed by atoms with van der Waals surface area (Å²) in [5.41, 5.74) is 1.24. The van der Waals surface area contributed by atoms with Gasteiger partial charge in [0.25, 0.3) is 5.91 Å². The van der Waals surface area contributed by atoms with E-state index in [9.17, 15) is 4.79 Å². The van der Waals surface area contributed by atoms with Gasteiger partial charge in [-0.2, -0.15) is 5.21 Å². The number of hydrogen-bond acceptors (Lipinski definition) is 5. The van der Waals surface area contributed by atoms with Crippen molar-refractivity contribution < 1.29 is 9.90 Å². The fourth-order valence-electron chi connectivity index (χ4n) is 1.47. The standard InChI is InChI=1S/C11H13N5O2/c17-6-2-5-12-11(18)9-4-1-3-8(7-9)10-13-15-16-14-10/h1,3-4,7,17H,2,5-6H2,(H,12,18)(H,13,14,15,16). The van der Waals surface area contributed by atoms with Crippen LogP contribution in [-0.4, -0.2) is 44.8 Å². The Kier molecular flexibility index (Phi) is 3.98. The van der Waals surface area contributed by atoms with Crippen LogP contribution in [0.15, 0.2) is 24.3 Å². The third-order valence-electron chi connectivity index (χ3n) is 2.35. The zero-order valence-corrected chi connectivity index (χ0v) is 9.63. The number of rotatable bonds is 5. The first-order valence-corrected chi connectivity index (χ1v) is 5.54. The number of benzene rings is 1. The lowest BCUT2D eigenvalue weighted by Gasteiger charge is -2.04. The van der Waals surface area contributed by atoms with Crippen LogP contribution >= 0.6 is 0 Å². The van der Waals surface area contributed by atoms with Gasteiger partial charge in [-0.1, -0.05) is 12.1 Å². The predicted molar refractivity (Wildman–Crippen MR) is 63.6 cm³/mol. The fraction of sp³-hybridized carbons (Fsp3) is 0.273. The van der Waals surface area contributed by atoms with Crippen LogP contribution in [0.5, 0.6) is 0 Å². The highest BCUT2D eigenvalue weighted by Gasteiger charge is 2.08. The topological polar surface area (TPSA) is 104 Å². The first-order valence-electron chi connectivity index (χ1n) is 5.54. The Morgan fingerprint density at radius 3 is 3.06 bits per heavy atom. The second-order valence-electron chi connectivity index (χ2n) is 3.65. The number of aromatic nitrogens is 4. The van der Waals surface area contributed by atoms with Gasteiger partial charge in [0.2, 0.25) is 5.82 Å². The van der Waals surface area contributed by atoms with E-state index in [0.717, 1.165) is 5.56 Å². The molecule has 0 bridgehead atoms. The molecule has 0 radical (unpaired) electrons. The number of carbonyl (C=O) groups excluding carboxylic acids is 1. The molecule has 1 aromatic carbocycles. The summed E-state index contributed by atoms with van der Waals surface area (Å²) in [5.74, 6) is 0.258. The molecule has 1 aromatic heterocycles. The molecule has 0 saturated heterocycles. The molecule has 3 N–H and O–H groups in total. The van der Waals surface area contributed by atoms with E-state index in [1.54, 1.807) is 24.3 Å². The third-order valence-corrected chi connectivity index (χ3v) is 2.35. The highest BCUT2D eigenvalue weighted by molar-refractivity contribution is 5.95. The third kappa shape index (κ3) is 2.89. The van der Waals surface area contributed by atoms with Crippen LogP contribution in [0.3, 0.4) is 0 Å². The SMILES string of the molecule is O=C(NCCCO)c1cccc(-c2nn[nH]n2)c1. The number of aliphatic hydroxyl groups excluding tert-OH is 1. The van der Waals surface area contributed by atoms with E-state index in [2.05, 4.69) is 25.9 Å². The predicted octanol–water partition coefficient (Wildman–Crippen LogP) is -0.0211. The quantitative estimate of drug-likeness (QED) is 0.644. The van der Waals surface area contributed by atoms with Crippen molar-refractivity contribution in [2.24, 2.45) is 0 Å². The van der Waals surface area contributed by atoms with Gasteiger partial charge in [-0.05, 0) is 23.8 Å². The van der Waals surface area contributed by atoms with Gasteiger partial charge < -0.3 is 10.4 Å². The van der Waals surface area contributed by atoms with Gasteiger partial charge >= 0.3 is 0 Å². The van der Waals surface area contributed by atoms with Gasteiger partial charge in [0.05, 0.1) is 0 Å². The number of aromatic amines is 1. The normalized spacial score (nSPS) is 10.3. The van der Waals surface area contributed by atoms with Gasteiger partial charge in [0.1, 0.15) is 0 Å². The van der Waals surface area contributed by atoms with Crippen molar-refractivity contribution in [2.45, 2.75) is 6.42 Å². The molecule has 7 nitrogen and oxygen atoms in total. The Labute approximate surface area is 103 Å². The first-order chi connectivity index (χ1) is 8.81. The Morgan fingerprint density at radius 1 is 1.44 bits per heavy atom. The largest absolute Gasteiger partial charge is 0.396 e. The molecule has 0 atom stereocenters. The summed E-state index contributed by atoms with van der Waals surface area (Å²) in [7, 11) is 0. The Bertz CT molecular complexity index is 512. The number of H-pyrrole nitrogens is 1. The molecule has 0 fully saturated rings. The second-order valence-corrected chi connectivity index (χ2v) is 3.65. The van der Waals surface area contributed by atoms with Crippen LogP contribution in [0.1, 0.15) is 16.8 Å². The zero-order valence-electron chi connectivity index (χ0n) is 9.63. The van der Waals surface area contributed by atoms with Gasteiger partial charge in [-0.15, -0.1) is 10.2 Å². The summed E-state index contributed by atoms with van der Waals surface area (Å²) in [4.78, 5) is 11.8. The van der Waals surface area contributed by atoms with Crippen molar-refractivity contribution in [1.29, 1.82) is 0 Å². The molecule has 7 heteroatoms. The molecule has 1 heterocycles. The highest BCUT2D eigenvalue weighted by Crippen LogP contribution is 2.14. The number of nitrogens with one attached hydrogen (secondary N) is 2. The van der Waals surface area contributed by atoms with Crippen LogP contribution in [0.4, 0.5) is 0 Å². The van der Waals surface area contributed by atoms with Gasteiger partial charge in [-0.25, -0.2) is 0 Å². The highest BCUT2D eigenvalue weighted by atomic mass is 16.3. The molecular weight excluding hydrogens is 234 g/mol. The van der Waals surface area contributed by atoms with E-state index in [0.29, 0.717) is 24.4 Å². The second kappa shape index (κ2) is 5.87. The summed E-state index contributed by atoms with van der Waals surface area (Å²) in [6.07, 6.45) is 0.538. The fourth-order valence-corrected chi connectivity index (χ4v) is 1.47. The van der Waals surface area contributed by atoms with E-state index in [4.69, 9.17) is 5.11 Å². The number of tetrazole rings is 1. The summed E-state index contributed by atoms with van der Waals surface area (Å²) in [6, 6.07) is 6.96. The Hall–Kier alpha value is -2.28. The van der Waals surface area contributed by atoms with Crippen LogP contribution in [0.2, 0.25) is 0 Å². The number of hydrogen-bond donors (Lipinski definition) is 3. The van der Waals surface area contributed by atoms with E-state index in [1.165, 1.54) is 0 Å². The summed E-state index contributed by atoms with van der Waals surface area (Å²) in [5, 5.41) is 24.9. The number of aliphatic hydroxyl groups is 1. The van der Waals surface area contributed by atoms with Crippen LogP contribution < -0.4 is 5.32 Å². The lowest BCUT2D eigenvalue weighted by atomic mass is 10.1. The molecule has 94 valence electrons.